The zero-order valence-electron chi connectivity index (χ0n) is 11.1. The molecule has 114 valence electrons. The molecule has 0 spiro atoms. The predicted octanol–water partition coefficient (Wildman–Crippen LogP) is 0.0727. The highest BCUT2D eigenvalue weighted by Gasteiger charge is 2.20. The molecule has 0 radical (unpaired) electrons. The van der Waals surface area contributed by atoms with E-state index >= 15 is 0 Å². The lowest BCUT2D eigenvalue weighted by Gasteiger charge is -2.08. The van der Waals surface area contributed by atoms with Gasteiger partial charge in [-0.2, -0.15) is 13.5 Å². The maximum atomic E-state index is 12.2. The third-order valence-corrected chi connectivity index (χ3v) is 5.23. The van der Waals surface area contributed by atoms with E-state index in [0.717, 1.165) is 6.26 Å². The summed E-state index contributed by atoms with van der Waals surface area (Å²) >= 11 is 0. The Bertz CT molecular complexity index is 839. The van der Waals surface area contributed by atoms with Gasteiger partial charge in [-0.1, -0.05) is 0 Å². The second-order valence-corrected chi connectivity index (χ2v) is 7.97. The van der Waals surface area contributed by atoms with Gasteiger partial charge in [0.2, 0.25) is 0 Å². The molecule has 21 heavy (non-hydrogen) atoms. The summed E-state index contributed by atoms with van der Waals surface area (Å²) in [6.07, 6.45) is 2.41. The molecule has 10 heteroatoms. The molecule has 2 rings (SSSR count). The third kappa shape index (κ3) is 3.40. The Morgan fingerprint density at radius 1 is 1.19 bits per heavy atom. The Hall–Kier alpha value is -1.91. The number of nitrogens with zero attached hydrogens (tertiary/aromatic N) is 1. The lowest BCUT2D eigenvalue weighted by Crippen LogP contribution is -2.16. The Morgan fingerprint density at radius 2 is 1.81 bits per heavy atom. The van der Waals surface area contributed by atoms with Crippen molar-refractivity contribution in [2.75, 3.05) is 11.0 Å². The van der Waals surface area contributed by atoms with Crippen LogP contribution in [0.2, 0.25) is 0 Å². The first-order chi connectivity index (χ1) is 9.74. The smallest absolute Gasteiger partial charge is 0.279 e. The molecular formula is C11H14N4O4S2. The number of sulfonamides is 1. The van der Waals surface area contributed by atoms with Gasteiger partial charge >= 0.3 is 0 Å². The van der Waals surface area contributed by atoms with Gasteiger partial charge in [0.25, 0.3) is 10.0 Å². The Balaban J connectivity index is 2.29. The first-order valence-electron chi connectivity index (χ1n) is 5.79. The number of anilines is 1. The average molecular weight is 330 g/mol. The molecule has 8 nitrogen and oxygen atoms in total. The minimum Gasteiger partial charge on any atom is -0.326 e. The molecule has 0 aliphatic rings. The molecule has 2 aromatic rings. The third-order valence-electron chi connectivity index (χ3n) is 2.70. The summed E-state index contributed by atoms with van der Waals surface area (Å²) in [5.41, 5.74) is 6.03. The van der Waals surface area contributed by atoms with Crippen LogP contribution >= 0.6 is 0 Å². The predicted molar refractivity (Wildman–Crippen MR) is 76.8 cm³/mol. The molecule has 1 aromatic carbocycles. The highest BCUT2D eigenvalue weighted by Crippen LogP contribution is 2.19. The van der Waals surface area contributed by atoms with E-state index in [0.29, 0.717) is 5.56 Å². The molecule has 4 N–H and O–H groups in total. The molecule has 0 bridgehead atoms. The van der Waals surface area contributed by atoms with Gasteiger partial charge in [0.15, 0.2) is 14.9 Å². The molecule has 0 amide bonds. The summed E-state index contributed by atoms with van der Waals surface area (Å²) in [6, 6.07) is 5.38. The van der Waals surface area contributed by atoms with Crippen LogP contribution in [0, 0.1) is 0 Å². The van der Waals surface area contributed by atoms with Crippen molar-refractivity contribution in [2.24, 2.45) is 5.73 Å². The van der Waals surface area contributed by atoms with Crippen molar-refractivity contribution < 1.29 is 16.8 Å². The van der Waals surface area contributed by atoms with E-state index in [1.165, 1.54) is 30.5 Å². The van der Waals surface area contributed by atoms with Crippen molar-refractivity contribution in [3.05, 3.63) is 36.0 Å². The lowest BCUT2D eigenvalue weighted by molar-refractivity contribution is 0.595. The van der Waals surface area contributed by atoms with Gasteiger partial charge in [0.05, 0.1) is 11.1 Å². The van der Waals surface area contributed by atoms with E-state index in [1.54, 1.807) is 0 Å². The van der Waals surface area contributed by atoms with Crippen LogP contribution < -0.4 is 10.5 Å². The minimum absolute atomic E-state index is 0.0275. The zero-order chi connectivity index (χ0) is 15.7. The Labute approximate surface area is 122 Å². The number of aromatic amines is 1. The fraction of sp³-hybridized carbons (Fsp3) is 0.182. The van der Waals surface area contributed by atoms with E-state index in [1.807, 2.05) is 0 Å². The molecule has 0 aliphatic carbocycles. The highest BCUT2D eigenvalue weighted by molar-refractivity contribution is 7.92. The van der Waals surface area contributed by atoms with Gasteiger partial charge in [-0.15, -0.1) is 0 Å². The van der Waals surface area contributed by atoms with Crippen molar-refractivity contribution in [3.63, 3.8) is 0 Å². The van der Waals surface area contributed by atoms with Crippen LogP contribution in [0.15, 0.2) is 40.4 Å². The van der Waals surface area contributed by atoms with Crippen molar-refractivity contribution in [2.45, 2.75) is 16.5 Å². The highest BCUT2D eigenvalue weighted by atomic mass is 32.2. The molecule has 0 saturated heterocycles. The molecule has 0 aliphatic heterocycles. The number of benzene rings is 1. The molecule has 1 aromatic heterocycles. The number of nitrogens with one attached hydrogen (secondary N) is 2. The molecular weight excluding hydrogens is 316 g/mol. The van der Waals surface area contributed by atoms with Gasteiger partial charge < -0.3 is 5.73 Å². The molecule has 0 fully saturated rings. The summed E-state index contributed by atoms with van der Waals surface area (Å²) in [5.74, 6) is 0. The van der Waals surface area contributed by atoms with E-state index in [9.17, 15) is 16.8 Å². The number of hydrogen-bond acceptors (Lipinski definition) is 6. The summed E-state index contributed by atoms with van der Waals surface area (Å²) in [4.78, 5) is 0.106. The summed E-state index contributed by atoms with van der Waals surface area (Å²) in [7, 11) is -7.19. The molecule has 0 saturated carbocycles. The van der Waals surface area contributed by atoms with Gasteiger partial charge in [-0.25, -0.2) is 8.42 Å². The van der Waals surface area contributed by atoms with Crippen LogP contribution in [0.25, 0.3) is 0 Å². The van der Waals surface area contributed by atoms with Crippen LogP contribution in [-0.4, -0.2) is 33.3 Å². The number of H-pyrrole nitrogens is 1. The number of hydrogen-bond donors (Lipinski definition) is 3. The van der Waals surface area contributed by atoms with Crippen LogP contribution in [0.1, 0.15) is 5.56 Å². The Kier molecular flexibility index (Phi) is 4.03. The largest absolute Gasteiger partial charge is 0.326 e. The van der Waals surface area contributed by atoms with Crippen molar-refractivity contribution in [1.29, 1.82) is 0 Å². The summed E-state index contributed by atoms with van der Waals surface area (Å²) < 4.78 is 49.3. The van der Waals surface area contributed by atoms with Crippen molar-refractivity contribution in [1.82, 2.24) is 10.2 Å². The minimum atomic E-state index is -3.86. The van der Waals surface area contributed by atoms with Crippen LogP contribution in [-0.2, 0) is 26.4 Å². The standard InChI is InChI=1S/C11H14N4O4S2/c1-20(16,17)10-4-2-9(3-5-10)15-21(18,19)11-8(6-12)7-13-14-11/h2-5,7,15H,6,12H2,1H3,(H,13,14). The fourth-order valence-corrected chi connectivity index (χ4v) is 3.49. The molecule has 0 atom stereocenters. The van der Waals surface area contributed by atoms with E-state index in [4.69, 9.17) is 5.73 Å². The van der Waals surface area contributed by atoms with Gasteiger partial charge in [-0.3, -0.25) is 9.82 Å². The molecule has 0 unspecified atom stereocenters. The van der Waals surface area contributed by atoms with Gasteiger partial charge in [0, 0.05) is 24.1 Å². The fourth-order valence-electron chi connectivity index (χ4n) is 1.65. The monoisotopic (exact) mass is 330 g/mol. The van der Waals surface area contributed by atoms with Crippen LogP contribution in [0.3, 0.4) is 0 Å². The second kappa shape index (κ2) is 5.47. The lowest BCUT2D eigenvalue weighted by atomic mass is 10.3. The first-order valence-corrected chi connectivity index (χ1v) is 9.17. The normalized spacial score (nSPS) is 12.3. The second-order valence-electron chi connectivity index (χ2n) is 4.33. The quantitative estimate of drug-likeness (QED) is 0.710. The number of aromatic nitrogens is 2. The van der Waals surface area contributed by atoms with Crippen LogP contribution in [0.4, 0.5) is 5.69 Å². The van der Waals surface area contributed by atoms with Crippen molar-refractivity contribution >= 4 is 25.5 Å². The zero-order valence-corrected chi connectivity index (χ0v) is 12.7. The number of sulfone groups is 1. The molecule has 1 heterocycles. The summed E-state index contributed by atoms with van der Waals surface area (Å²) in [6.45, 7) is 0.0275. The van der Waals surface area contributed by atoms with E-state index < -0.39 is 19.9 Å². The van der Waals surface area contributed by atoms with Gasteiger partial charge in [0.1, 0.15) is 0 Å². The first kappa shape index (κ1) is 15.5. The van der Waals surface area contributed by atoms with Crippen molar-refractivity contribution in [3.8, 4) is 0 Å². The maximum Gasteiger partial charge on any atom is 0.279 e. The van der Waals surface area contributed by atoms with Gasteiger partial charge in [-0.05, 0) is 24.3 Å². The van der Waals surface area contributed by atoms with E-state index in [-0.39, 0.29) is 22.2 Å². The van der Waals surface area contributed by atoms with E-state index in [2.05, 4.69) is 14.9 Å². The topological polar surface area (TPSA) is 135 Å². The Morgan fingerprint density at radius 3 is 2.33 bits per heavy atom. The number of nitrogens with two attached hydrogens (primary N) is 1. The van der Waals surface area contributed by atoms with Crippen LogP contribution in [0.5, 0.6) is 0 Å². The SMILES string of the molecule is CS(=O)(=O)c1ccc(NS(=O)(=O)c2[nH]ncc2CN)cc1. The average Bonchev–Trinajstić information content (AvgIpc) is 2.87. The summed E-state index contributed by atoms with van der Waals surface area (Å²) in [5, 5.41) is 5.91. The number of rotatable bonds is 5. The maximum absolute atomic E-state index is 12.2.